The molecule has 2 N–H and O–H groups in total. The molecule has 0 aliphatic rings. The van der Waals surface area contributed by atoms with Gasteiger partial charge in [0.15, 0.2) is 5.11 Å². The van der Waals surface area contributed by atoms with Crippen LogP contribution in [-0.4, -0.2) is 5.11 Å². The summed E-state index contributed by atoms with van der Waals surface area (Å²) in [6.45, 7) is 2.06. The van der Waals surface area contributed by atoms with Crippen molar-refractivity contribution in [2.75, 3.05) is 5.32 Å². The third-order valence-corrected chi connectivity index (χ3v) is 3.78. The second-order valence-corrected chi connectivity index (χ2v) is 6.14. The minimum atomic E-state index is 0.127. The summed E-state index contributed by atoms with van der Waals surface area (Å²) < 4.78 is 1.06. The van der Waals surface area contributed by atoms with Crippen LogP contribution in [0.25, 0.3) is 0 Å². The van der Waals surface area contributed by atoms with Crippen LogP contribution in [0.3, 0.4) is 0 Å². The molecule has 1 atom stereocenters. The third kappa shape index (κ3) is 4.47. The fourth-order valence-electron chi connectivity index (χ4n) is 1.76. The van der Waals surface area contributed by atoms with Gasteiger partial charge in [0.2, 0.25) is 0 Å². The van der Waals surface area contributed by atoms with E-state index < -0.39 is 0 Å². The highest BCUT2D eigenvalue weighted by atomic mass is 79.9. The Morgan fingerprint density at radius 2 is 1.90 bits per heavy atom. The predicted molar refractivity (Wildman–Crippen MR) is 93.4 cm³/mol. The maximum absolute atomic E-state index is 5.94. The van der Waals surface area contributed by atoms with E-state index in [1.807, 2.05) is 36.4 Å². The molecule has 2 aromatic rings. The van der Waals surface area contributed by atoms with Crippen LogP contribution in [-0.2, 0) is 0 Å². The van der Waals surface area contributed by atoms with Gasteiger partial charge >= 0.3 is 0 Å². The largest absolute Gasteiger partial charge is 0.356 e. The van der Waals surface area contributed by atoms with E-state index in [1.54, 1.807) is 0 Å². The minimum absolute atomic E-state index is 0.127. The quantitative estimate of drug-likeness (QED) is 0.732. The number of anilines is 1. The monoisotopic (exact) mass is 368 g/mol. The molecule has 2 aromatic carbocycles. The van der Waals surface area contributed by atoms with Gasteiger partial charge in [0.1, 0.15) is 0 Å². The molecule has 0 heterocycles. The van der Waals surface area contributed by atoms with E-state index in [1.165, 1.54) is 5.56 Å². The Hall–Kier alpha value is -1.10. The van der Waals surface area contributed by atoms with Gasteiger partial charge in [-0.15, -0.1) is 0 Å². The lowest BCUT2D eigenvalue weighted by Crippen LogP contribution is -2.30. The first-order valence-electron chi connectivity index (χ1n) is 6.13. The van der Waals surface area contributed by atoms with E-state index in [0.717, 1.165) is 10.2 Å². The van der Waals surface area contributed by atoms with Crippen LogP contribution < -0.4 is 10.6 Å². The highest BCUT2D eigenvalue weighted by molar-refractivity contribution is 9.10. The van der Waals surface area contributed by atoms with Crippen molar-refractivity contribution in [2.45, 2.75) is 13.0 Å². The molecule has 0 radical (unpaired) electrons. The molecule has 0 spiro atoms. The highest BCUT2D eigenvalue weighted by Gasteiger charge is 2.07. The number of hydrogen-bond acceptors (Lipinski definition) is 1. The van der Waals surface area contributed by atoms with Gasteiger partial charge in [0.25, 0.3) is 0 Å². The average Bonchev–Trinajstić information content (AvgIpc) is 2.39. The lowest BCUT2D eigenvalue weighted by atomic mass is 10.1. The van der Waals surface area contributed by atoms with Gasteiger partial charge in [0, 0.05) is 15.2 Å². The van der Waals surface area contributed by atoms with Crippen molar-refractivity contribution in [3.63, 3.8) is 0 Å². The van der Waals surface area contributed by atoms with Crippen molar-refractivity contribution in [1.29, 1.82) is 0 Å². The number of nitrogens with one attached hydrogen (secondary N) is 2. The second-order valence-electron chi connectivity index (χ2n) is 4.38. The molecule has 0 saturated carbocycles. The molecule has 0 fully saturated rings. The van der Waals surface area contributed by atoms with E-state index in [2.05, 4.69) is 45.6 Å². The molecule has 0 aliphatic carbocycles. The Morgan fingerprint density at radius 1 is 1.20 bits per heavy atom. The molecule has 2 nitrogen and oxygen atoms in total. The Kier molecular flexibility index (Phi) is 5.40. The first kappa shape index (κ1) is 15.3. The third-order valence-electron chi connectivity index (χ3n) is 2.80. The zero-order chi connectivity index (χ0) is 14.5. The van der Waals surface area contributed by atoms with Crippen molar-refractivity contribution >= 4 is 50.5 Å². The van der Waals surface area contributed by atoms with Crippen LogP contribution in [0, 0.1) is 0 Å². The summed E-state index contributed by atoms with van der Waals surface area (Å²) in [4.78, 5) is 0. The van der Waals surface area contributed by atoms with Gasteiger partial charge in [-0.2, -0.15) is 0 Å². The van der Waals surface area contributed by atoms with Crippen LogP contribution >= 0.6 is 39.7 Å². The number of halogens is 2. The fraction of sp³-hybridized carbons (Fsp3) is 0.133. The molecule has 2 rings (SSSR count). The Bertz CT molecular complexity index is 601. The van der Waals surface area contributed by atoms with E-state index in [4.69, 9.17) is 23.8 Å². The molecule has 0 saturated heterocycles. The summed E-state index contributed by atoms with van der Waals surface area (Å²) in [5.41, 5.74) is 2.04. The van der Waals surface area contributed by atoms with Crippen molar-refractivity contribution in [3.8, 4) is 0 Å². The molecule has 104 valence electrons. The van der Waals surface area contributed by atoms with E-state index in [0.29, 0.717) is 10.1 Å². The second kappa shape index (κ2) is 7.07. The van der Waals surface area contributed by atoms with E-state index >= 15 is 0 Å². The number of rotatable bonds is 3. The first-order valence-corrected chi connectivity index (χ1v) is 7.71. The average molecular weight is 370 g/mol. The topological polar surface area (TPSA) is 24.1 Å². The zero-order valence-electron chi connectivity index (χ0n) is 10.9. The zero-order valence-corrected chi connectivity index (χ0v) is 14.0. The smallest absolute Gasteiger partial charge is 0.171 e. The van der Waals surface area contributed by atoms with Gasteiger partial charge in [-0.25, -0.2) is 0 Å². The summed E-state index contributed by atoms with van der Waals surface area (Å²) >= 11 is 14.7. The molecule has 0 aliphatic heterocycles. The van der Waals surface area contributed by atoms with Crippen LogP contribution in [0.2, 0.25) is 5.02 Å². The molecule has 0 amide bonds. The standard InChI is InChI=1S/C15H14BrClN2S/c1-10(11-5-7-12(16)8-6-11)18-15(20)19-14-4-2-3-13(17)9-14/h2-10H,1H3,(H2,18,19,20). The molecular formula is C15H14BrClN2S. The molecule has 1 unspecified atom stereocenters. The molecule has 20 heavy (non-hydrogen) atoms. The summed E-state index contributed by atoms with van der Waals surface area (Å²) in [6, 6.07) is 15.7. The predicted octanol–water partition coefficient (Wildman–Crippen LogP) is 5.15. The lowest BCUT2D eigenvalue weighted by Gasteiger charge is -2.17. The van der Waals surface area contributed by atoms with Gasteiger partial charge in [0.05, 0.1) is 6.04 Å². The molecule has 0 bridgehead atoms. The number of hydrogen-bond donors (Lipinski definition) is 2. The van der Waals surface area contributed by atoms with Crippen LogP contribution in [0.15, 0.2) is 53.0 Å². The molecular weight excluding hydrogens is 356 g/mol. The SMILES string of the molecule is CC(NC(=S)Nc1cccc(Cl)c1)c1ccc(Br)cc1. The summed E-state index contributed by atoms with van der Waals surface area (Å²) in [6.07, 6.45) is 0. The van der Waals surface area contributed by atoms with E-state index in [9.17, 15) is 0 Å². The Morgan fingerprint density at radius 3 is 2.55 bits per heavy atom. The Balaban J connectivity index is 1.95. The van der Waals surface area contributed by atoms with Crippen molar-refractivity contribution in [1.82, 2.24) is 5.32 Å². The Labute approximate surface area is 137 Å². The lowest BCUT2D eigenvalue weighted by molar-refractivity contribution is 0.722. The highest BCUT2D eigenvalue weighted by Crippen LogP contribution is 2.18. The van der Waals surface area contributed by atoms with Gasteiger partial charge in [-0.1, -0.05) is 45.7 Å². The summed E-state index contributed by atoms with van der Waals surface area (Å²) in [7, 11) is 0. The normalized spacial score (nSPS) is 11.8. The molecule has 0 aromatic heterocycles. The van der Waals surface area contributed by atoms with Crippen LogP contribution in [0.4, 0.5) is 5.69 Å². The fourth-order valence-corrected chi connectivity index (χ4v) is 2.51. The maximum atomic E-state index is 5.94. The van der Waals surface area contributed by atoms with Crippen LogP contribution in [0.1, 0.15) is 18.5 Å². The first-order chi connectivity index (χ1) is 9.54. The molecule has 5 heteroatoms. The minimum Gasteiger partial charge on any atom is -0.356 e. The summed E-state index contributed by atoms with van der Waals surface area (Å²) in [5.74, 6) is 0. The maximum Gasteiger partial charge on any atom is 0.171 e. The van der Waals surface area contributed by atoms with Crippen LogP contribution in [0.5, 0.6) is 0 Å². The van der Waals surface area contributed by atoms with E-state index in [-0.39, 0.29) is 6.04 Å². The summed E-state index contributed by atoms with van der Waals surface area (Å²) in [5, 5.41) is 7.62. The number of thiocarbonyl (C=S) groups is 1. The van der Waals surface area contributed by atoms with Gasteiger partial charge < -0.3 is 10.6 Å². The van der Waals surface area contributed by atoms with Gasteiger partial charge in [-0.3, -0.25) is 0 Å². The van der Waals surface area contributed by atoms with Crippen molar-refractivity contribution < 1.29 is 0 Å². The number of benzene rings is 2. The van der Waals surface area contributed by atoms with Gasteiger partial charge in [-0.05, 0) is 55.0 Å². The van der Waals surface area contributed by atoms with Crippen molar-refractivity contribution in [2.24, 2.45) is 0 Å². The van der Waals surface area contributed by atoms with Crippen molar-refractivity contribution in [3.05, 3.63) is 63.6 Å².